The SMILES string of the molecule is CC(=O)OC12COC1CC(O)C(C)(C(=O)C(C)C1=C(C)C(OC(=O)C(O)C(NC(=O)OC(C)(C)C)c3ccccc3)CC(O)(COC(=O)c3ccccc3)C1(C)C)C2C. The van der Waals surface area contributed by atoms with Crippen molar-refractivity contribution in [2.45, 2.75) is 129 Å². The molecule has 1 aliphatic heterocycles. The van der Waals surface area contributed by atoms with Crippen molar-refractivity contribution >= 4 is 29.8 Å². The Morgan fingerprint density at radius 2 is 1.58 bits per heavy atom. The molecule has 3 aliphatic rings. The lowest BCUT2D eigenvalue weighted by molar-refractivity contribution is -0.314. The summed E-state index contributed by atoms with van der Waals surface area (Å²) in [5.74, 6) is -4.58. The van der Waals surface area contributed by atoms with Gasteiger partial charge in [-0.25, -0.2) is 14.4 Å². The van der Waals surface area contributed by atoms with Crippen molar-refractivity contribution < 1.29 is 63.0 Å². The fourth-order valence-corrected chi connectivity index (χ4v) is 9.22. The van der Waals surface area contributed by atoms with Gasteiger partial charge in [-0.2, -0.15) is 0 Å². The van der Waals surface area contributed by atoms with Gasteiger partial charge >= 0.3 is 24.0 Å². The molecule has 10 atom stereocenters. The van der Waals surface area contributed by atoms with Crippen LogP contribution in [0, 0.1) is 22.7 Å². The Labute approximate surface area is 345 Å². The maximum atomic E-state index is 15.1. The first-order valence-corrected chi connectivity index (χ1v) is 20.0. The highest BCUT2D eigenvalue weighted by Crippen LogP contribution is 2.57. The largest absolute Gasteiger partial charge is 0.459 e. The number of nitrogens with one attached hydrogen (secondary N) is 1. The summed E-state index contributed by atoms with van der Waals surface area (Å²) in [5.41, 5.74) is -5.43. The van der Waals surface area contributed by atoms with Gasteiger partial charge in [-0.1, -0.05) is 76.2 Å². The number of amides is 1. The van der Waals surface area contributed by atoms with E-state index in [1.54, 1.807) is 123 Å². The second-order valence-corrected chi connectivity index (χ2v) is 18.0. The summed E-state index contributed by atoms with van der Waals surface area (Å²) in [6, 6.07) is 15.2. The quantitative estimate of drug-likeness (QED) is 0.124. The molecule has 2 fully saturated rings. The van der Waals surface area contributed by atoms with Gasteiger partial charge in [-0.05, 0) is 63.5 Å². The molecule has 59 heavy (non-hydrogen) atoms. The predicted molar refractivity (Wildman–Crippen MR) is 214 cm³/mol. The zero-order chi connectivity index (χ0) is 43.9. The molecule has 10 unspecified atom stereocenters. The van der Waals surface area contributed by atoms with Crippen molar-refractivity contribution in [2.24, 2.45) is 22.7 Å². The van der Waals surface area contributed by atoms with E-state index in [1.807, 2.05) is 0 Å². The summed E-state index contributed by atoms with van der Waals surface area (Å²) in [4.78, 5) is 67.6. The minimum absolute atomic E-state index is 0.0332. The standard InChI is InChI=1S/C45H59NO13/c1-25-31(57-39(52)36(49)35(29-17-13-11-14-18-29)46-40(53)59-41(5,6)7)22-44(54,23-56-38(51)30-19-15-12-16-20-30)42(8,9)34(25)26(2)37(50)43(10)27(3)45(58-28(4)47)24-55-33(45)21-32(43)48/h11-20,26-27,31-33,35-36,48-49,54H,21-24H2,1-10H3,(H,46,53). The van der Waals surface area contributed by atoms with E-state index in [9.17, 15) is 34.5 Å². The molecule has 14 nitrogen and oxygen atoms in total. The van der Waals surface area contributed by atoms with Gasteiger partial charge < -0.3 is 44.3 Å². The topological polar surface area (TPSA) is 204 Å². The Balaban J connectivity index is 1.53. The average molecular weight is 822 g/mol. The van der Waals surface area contributed by atoms with Crippen LogP contribution in [0.1, 0.15) is 104 Å². The molecule has 0 spiro atoms. The fourth-order valence-electron chi connectivity index (χ4n) is 9.22. The van der Waals surface area contributed by atoms with Gasteiger partial charge in [0.25, 0.3) is 0 Å². The molecule has 0 aromatic heterocycles. The summed E-state index contributed by atoms with van der Waals surface area (Å²) < 4.78 is 28.7. The number of esters is 3. The van der Waals surface area contributed by atoms with E-state index in [2.05, 4.69) is 5.32 Å². The highest BCUT2D eigenvalue weighted by atomic mass is 16.6. The number of carbonyl (C=O) groups is 5. The van der Waals surface area contributed by atoms with E-state index in [4.69, 9.17) is 23.7 Å². The molecular weight excluding hydrogens is 762 g/mol. The van der Waals surface area contributed by atoms with Crippen molar-refractivity contribution in [3.8, 4) is 0 Å². The Kier molecular flexibility index (Phi) is 12.9. The Bertz CT molecular complexity index is 1940. The zero-order valence-electron chi connectivity index (χ0n) is 35.6. The summed E-state index contributed by atoms with van der Waals surface area (Å²) in [6.45, 7) is 15.9. The fraction of sp³-hybridized carbons (Fsp3) is 0.578. The van der Waals surface area contributed by atoms with Gasteiger partial charge in [0.05, 0.1) is 29.7 Å². The predicted octanol–water partition coefficient (Wildman–Crippen LogP) is 5.17. The number of aliphatic hydroxyl groups excluding tert-OH is 2. The van der Waals surface area contributed by atoms with Gasteiger partial charge in [-0.3, -0.25) is 9.59 Å². The first-order valence-electron chi connectivity index (χ1n) is 20.0. The molecule has 0 bridgehead atoms. The summed E-state index contributed by atoms with van der Waals surface area (Å²) >= 11 is 0. The number of Topliss-reactive ketones (excluding diaryl/α,β-unsaturated/α-hetero) is 1. The molecule has 14 heteroatoms. The van der Waals surface area contributed by atoms with Gasteiger partial charge in [0.15, 0.2) is 11.7 Å². The highest BCUT2D eigenvalue weighted by Gasteiger charge is 2.69. The van der Waals surface area contributed by atoms with Gasteiger partial charge in [0, 0.05) is 37.0 Å². The van der Waals surface area contributed by atoms with Gasteiger partial charge in [0.2, 0.25) is 0 Å². The van der Waals surface area contributed by atoms with Crippen LogP contribution in [0.4, 0.5) is 4.79 Å². The molecule has 0 radical (unpaired) electrons. The number of carbonyl (C=O) groups excluding carboxylic acids is 5. The average Bonchev–Trinajstić information content (AvgIpc) is 3.16. The van der Waals surface area contributed by atoms with Crippen molar-refractivity contribution in [3.05, 3.63) is 82.9 Å². The van der Waals surface area contributed by atoms with Crippen molar-refractivity contribution in [1.29, 1.82) is 0 Å². The van der Waals surface area contributed by atoms with Crippen LogP contribution in [0.15, 0.2) is 71.8 Å². The van der Waals surface area contributed by atoms with Crippen molar-refractivity contribution in [1.82, 2.24) is 5.32 Å². The van der Waals surface area contributed by atoms with Gasteiger partial charge in [-0.15, -0.1) is 0 Å². The lowest BCUT2D eigenvalue weighted by Gasteiger charge is -2.61. The summed E-state index contributed by atoms with van der Waals surface area (Å²) in [5, 5.41) is 38.5. The van der Waals surface area contributed by atoms with Crippen LogP contribution >= 0.6 is 0 Å². The number of aliphatic hydroxyl groups is 3. The Hall–Kier alpha value is -4.63. The van der Waals surface area contributed by atoms with Crippen LogP contribution in [-0.4, -0.2) is 99.5 Å². The molecule has 322 valence electrons. The third-order valence-electron chi connectivity index (χ3n) is 12.9. The van der Waals surface area contributed by atoms with E-state index in [0.29, 0.717) is 16.7 Å². The molecule has 2 aliphatic carbocycles. The molecular formula is C45H59NO13. The minimum Gasteiger partial charge on any atom is -0.459 e. The van der Waals surface area contributed by atoms with Crippen LogP contribution in [-0.2, 0) is 38.1 Å². The number of hydrogen-bond donors (Lipinski definition) is 4. The normalized spacial score (nSPS) is 30.3. The monoisotopic (exact) mass is 821 g/mol. The Morgan fingerprint density at radius 1 is 0.983 bits per heavy atom. The Morgan fingerprint density at radius 3 is 2.12 bits per heavy atom. The third-order valence-corrected chi connectivity index (χ3v) is 12.9. The molecule has 5 rings (SSSR count). The van der Waals surface area contributed by atoms with Crippen LogP contribution in [0.3, 0.4) is 0 Å². The number of alkyl carbamates (subject to hydrolysis) is 1. The molecule has 1 saturated carbocycles. The number of ketones is 1. The number of rotatable bonds is 12. The number of fused-ring (bicyclic) bond motifs is 1. The molecule has 1 heterocycles. The van der Waals surface area contributed by atoms with Crippen LogP contribution in [0.2, 0.25) is 0 Å². The second-order valence-electron chi connectivity index (χ2n) is 18.0. The zero-order valence-corrected chi connectivity index (χ0v) is 35.6. The van der Waals surface area contributed by atoms with E-state index in [-0.39, 0.29) is 25.0 Å². The second kappa shape index (κ2) is 16.8. The molecule has 1 saturated heterocycles. The lowest BCUT2D eigenvalue weighted by atomic mass is 9.51. The first kappa shape index (κ1) is 45.5. The third kappa shape index (κ3) is 8.68. The first-order chi connectivity index (χ1) is 27.4. The maximum absolute atomic E-state index is 15.1. The number of hydrogen-bond acceptors (Lipinski definition) is 13. The smallest absolute Gasteiger partial charge is 0.408 e. The molecule has 4 N–H and O–H groups in total. The van der Waals surface area contributed by atoms with E-state index < -0.39 is 106 Å². The summed E-state index contributed by atoms with van der Waals surface area (Å²) in [7, 11) is 0. The molecule has 2 aromatic carbocycles. The van der Waals surface area contributed by atoms with E-state index in [0.717, 1.165) is 0 Å². The van der Waals surface area contributed by atoms with Crippen molar-refractivity contribution in [2.75, 3.05) is 13.2 Å². The van der Waals surface area contributed by atoms with Crippen LogP contribution in [0.25, 0.3) is 0 Å². The van der Waals surface area contributed by atoms with Crippen LogP contribution in [0.5, 0.6) is 0 Å². The number of benzene rings is 2. The number of ether oxygens (including phenoxy) is 5. The van der Waals surface area contributed by atoms with E-state index >= 15 is 4.79 Å². The maximum Gasteiger partial charge on any atom is 0.408 e. The highest BCUT2D eigenvalue weighted by molar-refractivity contribution is 5.91. The molecule has 1 amide bonds. The van der Waals surface area contributed by atoms with Crippen LogP contribution < -0.4 is 5.32 Å². The molecule has 2 aromatic rings. The van der Waals surface area contributed by atoms with Crippen molar-refractivity contribution in [3.63, 3.8) is 0 Å². The lowest BCUT2D eigenvalue weighted by Crippen LogP contribution is -2.74. The summed E-state index contributed by atoms with van der Waals surface area (Å²) in [6.07, 6.45) is -6.21. The van der Waals surface area contributed by atoms with Gasteiger partial charge in [0.1, 0.15) is 35.8 Å². The van der Waals surface area contributed by atoms with E-state index in [1.165, 1.54) is 6.92 Å². The minimum atomic E-state index is -1.97.